The number of benzene rings is 1. The third-order valence-corrected chi connectivity index (χ3v) is 8.52. The minimum Gasteiger partial charge on any atom is -0.373 e. The van der Waals surface area contributed by atoms with E-state index in [1.165, 1.54) is 4.31 Å². The van der Waals surface area contributed by atoms with Crippen LogP contribution in [0.4, 0.5) is 26.3 Å². The van der Waals surface area contributed by atoms with E-state index in [4.69, 9.17) is 10.4 Å². The first-order valence-electron chi connectivity index (χ1n) is 10.2. The Kier molecular flexibility index (Phi) is 6.95. The van der Waals surface area contributed by atoms with Gasteiger partial charge in [0.15, 0.2) is 0 Å². The molecule has 0 radical (unpaired) electrons. The van der Waals surface area contributed by atoms with Gasteiger partial charge in [0.25, 0.3) is 5.60 Å². The average molecular weight is 513 g/mol. The molecule has 0 aromatic heterocycles. The molecule has 1 N–H and O–H groups in total. The van der Waals surface area contributed by atoms with Crippen molar-refractivity contribution in [1.82, 2.24) is 9.21 Å². The summed E-state index contributed by atoms with van der Waals surface area (Å²) in [5.41, 5.74) is -3.76. The predicted molar refractivity (Wildman–Crippen MR) is 106 cm³/mol. The molecule has 2 fully saturated rings. The highest BCUT2D eigenvalue weighted by Crippen LogP contribution is 2.45. The molecule has 7 nitrogen and oxygen atoms in total. The molecule has 2 aliphatic heterocycles. The van der Waals surface area contributed by atoms with Crippen LogP contribution in [0.2, 0.25) is 0 Å². The van der Waals surface area contributed by atoms with E-state index in [0.29, 0.717) is 23.3 Å². The van der Waals surface area contributed by atoms with Gasteiger partial charge in [-0.25, -0.2) is 12.7 Å². The van der Waals surface area contributed by atoms with E-state index in [1.807, 2.05) is 6.07 Å². The number of carbonyl (C=O) groups excluding carboxylic acids is 1. The van der Waals surface area contributed by atoms with Crippen LogP contribution in [-0.4, -0.2) is 78.0 Å². The number of hydrogen-bond acceptors (Lipinski definition) is 5. The third-order valence-electron chi connectivity index (χ3n) is 6.29. The van der Waals surface area contributed by atoms with Gasteiger partial charge in [-0.3, -0.25) is 4.79 Å². The van der Waals surface area contributed by atoms with Gasteiger partial charge < -0.3 is 10.0 Å². The number of piperidine rings is 1. The first-order chi connectivity index (χ1) is 15.6. The van der Waals surface area contributed by atoms with Gasteiger partial charge in [-0.1, -0.05) is 12.1 Å². The van der Waals surface area contributed by atoms with Gasteiger partial charge in [0.05, 0.1) is 18.1 Å². The minimum absolute atomic E-state index is 0.0704. The molecule has 1 aromatic rings. The number of halogens is 6. The lowest BCUT2D eigenvalue weighted by Gasteiger charge is -2.43. The van der Waals surface area contributed by atoms with Crippen molar-refractivity contribution in [3.63, 3.8) is 0 Å². The van der Waals surface area contributed by atoms with E-state index in [1.54, 1.807) is 24.3 Å². The molecule has 14 heteroatoms. The van der Waals surface area contributed by atoms with Crippen LogP contribution in [0.15, 0.2) is 24.3 Å². The summed E-state index contributed by atoms with van der Waals surface area (Å²) in [6.45, 7) is -0.774. The zero-order valence-electron chi connectivity index (χ0n) is 17.6. The van der Waals surface area contributed by atoms with Crippen LogP contribution < -0.4 is 0 Å². The molecule has 0 aliphatic carbocycles. The van der Waals surface area contributed by atoms with Gasteiger partial charge in [-0.15, -0.1) is 0 Å². The van der Waals surface area contributed by atoms with Crippen molar-refractivity contribution in [3.05, 3.63) is 35.4 Å². The van der Waals surface area contributed by atoms with Crippen LogP contribution in [0.1, 0.15) is 36.3 Å². The summed E-state index contributed by atoms with van der Waals surface area (Å²) < 4.78 is 104. The molecule has 0 spiro atoms. The smallest absolute Gasteiger partial charge is 0.373 e. The minimum atomic E-state index is -6.13. The Morgan fingerprint density at radius 2 is 1.53 bits per heavy atom. The van der Waals surface area contributed by atoms with Crippen LogP contribution in [0, 0.1) is 11.3 Å². The SMILES string of the molecule is N#Cc1ccc(C2CCN(S(=O)(=O)C3CN(C(=O)CC(O)(C(F)(F)F)C(F)(F)F)C3)CC2)cc1. The number of amides is 1. The number of hydrogen-bond donors (Lipinski definition) is 1. The van der Waals surface area contributed by atoms with Crippen molar-refractivity contribution in [2.24, 2.45) is 0 Å². The van der Waals surface area contributed by atoms with Gasteiger partial charge in [-0.2, -0.15) is 31.6 Å². The van der Waals surface area contributed by atoms with Gasteiger partial charge in [0, 0.05) is 26.2 Å². The Labute approximate surface area is 191 Å². The molecular weight excluding hydrogens is 492 g/mol. The molecule has 0 unspecified atom stereocenters. The number of nitrogens with zero attached hydrogens (tertiary/aromatic N) is 3. The molecule has 0 atom stereocenters. The lowest BCUT2D eigenvalue weighted by Crippen LogP contribution is -2.64. The number of sulfonamides is 1. The van der Waals surface area contributed by atoms with Crippen molar-refractivity contribution >= 4 is 15.9 Å². The third kappa shape index (κ3) is 4.87. The summed E-state index contributed by atoms with van der Waals surface area (Å²) in [5, 5.41) is 16.9. The fourth-order valence-electron chi connectivity index (χ4n) is 4.01. The summed E-state index contributed by atoms with van der Waals surface area (Å²) in [6, 6.07) is 8.93. The molecule has 2 aliphatic rings. The maximum absolute atomic E-state index is 12.8. The standard InChI is InChI=1S/C20H21F6N3O4S/c21-19(22,23)18(31,20(24,25)26)9-17(30)28-11-16(12-28)34(32,33)29-7-5-15(6-8-29)14-3-1-13(10-27)2-4-14/h1-4,15-16,31H,5-9,11-12H2. The summed E-state index contributed by atoms with van der Waals surface area (Å²) in [7, 11) is -3.92. The van der Waals surface area contributed by atoms with Crippen LogP contribution >= 0.6 is 0 Å². The summed E-state index contributed by atoms with van der Waals surface area (Å²) in [4.78, 5) is 12.5. The van der Waals surface area contributed by atoms with E-state index in [2.05, 4.69) is 0 Å². The molecule has 34 heavy (non-hydrogen) atoms. The normalized spacial score (nSPS) is 19.5. The summed E-state index contributed by atoms with van der Waals surface area (Å²) in [5.74, 6) is -1.57. The van der Waals surface area contributed by atoms with Crippen molar-refractivity contribution in [2.45, 2.75) is 48.4 Å². The number of rotatable bonds is 5. The Morgan fingerprint density at radius 1 is 1.03 bits per heavy atom. The molecule has 2 heterocycles. The summed E-state index contributed by atoms with van der Waals surface area (Å²) >= 11 is 0. The monoisotopic (exact) mass is 513 g/mol. The van der Waals surface area contributed by atoms with E-state index in [-0.39, 0.29) is 19.0 Å². The number of nitriles is 1. The molecule has 2 saturated heterocycles. The molecule has 3 rings (SSSR count). The lowest BCUT2D eigenvalue weighted by atomic mass is 9.90. The highest BCUT2D eigenvalue weighted by Gasteiger charge is 2.71. The highest BCUT2D eigenvalue weighted by molar-refractivity contribution is 7.89. The lowest BCUT2D eigenvalue weighted by molar-refractivity contribution is -0.367. The van der Waals surface area contributed by atoms with Crippen LogP contribution in [-0.2, 0) is 14.8 Å². The zero-order chi connectivity index (χ0) is 25.5. The topological polar surface area (TPSA) is 102 Å². The second kappa shape index (κ2) is 9.01. The largest absolute Gasteiger partial charge is 0.426 e. The summed E-state index contributed by atoms with van der Waals surface area (Å²) in [6.07, 6.45) is -13.6. The van der Waals surface area contributed by atoms with Crippen molar-refractivity contribution in [3.8, 4) is 6.07 Å². The van der Waals surface area contributed by atoms with Gasteiger partial charge in [-0.05, 0) is 36.5 Å². The van der Waals surface area contributed by atoms with E-state index < -0.39 is 58.6 Å². The maximum Gasteiger partial charge on any atom is 0.426 e. The number of alkyl halides is 6. The molecule has 1 aromatic carbocycles. The first-order valence-corrected chi connectivity index (χ1v) is 11.7. The highest BCUT2D eigenvalue weighted by atomic mass is 32.2. The zero-order valence-corrected chi connectivity index (χ0v) is 18.4. The fourth-order valence-corrected chi connectivity index (χ4v) is 5.88. The Balaban J connectivity index is 1.56. The van der Waals surface area contributed by atoms with Crippen LogP contribution in [0.25, 0.3) is 0 Å². The second-order valence-electron chi connectivity index (χ2n) is 8.41. The number of carbonyl (C=O) groups is 1. The van der Waals surface area contributed by atoms with E-state index >= 15 is 0 Å². The van der Waals surface area contributed by atoms with Gasteiger partial charge in [0.1, 0.15) is 5.25 Å². The predicted octanol–water partition coefficient (Wildman–Crippen LogP) is 2.52. The van der Waals surface area contributed by atoms with E-state index in [9.17, 15) is 39.6 Å². The van der Waals surface area contributed by atoms with E-state index in [0.717, 1.165) is 5.56 Å². The molecule has 0 bridgehead atoms. The maximum atomic E-state index is 12.8. The Morgan fingerprint density at radius 3 is 1.97 bits per heavy atom. The molecule has 188 valence electrons. The number of likely N-dealkylation sites (tertiary alicyclic amines) is 1. The molecule has 0 saturated carbocycles. The quantitative estimate of drug-likeness (QED) is 0.610. The van der Waals surface area contributed by atoms with Crippen LogP contribution in [0.3, 0.4) is 0 Å². The van der Waals surface area contributed by atoms with Crippen LogP contribution in [0.5, 0.6) is 0 Å². The Hall–Kier alpha value is -2.37. The van der Waals surface area contributed by atoms with Crippen molar-refractivity contribution in [1.29, 1.82) is 5.26 Å². The Bertz CT molecular complexity index is 1040. The first kappa shape index (κ1) is 26.2. The van der Waals surface area contributed by atoms with Crippen molar-refractivity contribution in [2.75, 3.05) is 26.2 Å². The molecule has 1 amide bonds. The molecular formula is C20H21F6N3O4S. The van der Waals surface area contributed by atoms with Gasteiger partial charge in [0.2, 0.25) is 15.9 Å². The van der Waals surface area contributed by atoms with Gasteiger partial charge >= 0.3 is 12.4 Å². The average Bonchev–Trinajstić information content (AvgIpc) is 2.71. The fraction of sp³-hybridized carbons (Fsp3) is 0.600. The van der Waals surface area contributed by atoms with Crippen molar-refractivity contribution < 1.29 is 44.7 Å². The second-order valence-corrected chi connectivity index (χ2v) is 10.6. The number of aliphatic hydroxyl groups is 1.